The topological polar surface area (TPSA) is 45.8 Å². The summed E-state index contributed by atoms with van der Waals surface area (Å²) in [6.45, 7) is 6.07. The van der Waals surface area contributed by atoms with Gasteiger partial charge >= 0.3 is 0 Å². The van der Waals surface area contributed by atoms with Gasteiger partial charge in [0.1, 0.15) is 10.6 Å². The number of aryl methyl sites for hydroxylation is 1. The zero-order chi connectivity index (χ0) is 15.9. The minimum Gasteiger partial charge on any atom is -0.301 e. The van der Waals surface area contributed by atoms with E-state index in [0.29, 0.717) is 15.8 Å². The lowest BCUT2D eigenvalue weighted by atomic mass is 10.0. The molecule has 0 amide bonds. The summed E-state index contributed by atoms with van der Waals surface area (Å²) in [6.07, 6.45) is 0. The van der Waals surface area contributed by atoms with Crippen LogP contribution >= 0.6 is 23.1 Å². The predicted molar refractivity (Wildman–Crippen MR) is 91.4 cm³/mol. The maximum atomic E-state index is 13.1. The summed E-state index contributed by atoms with van der Waals surface area (Å²) in [5.74, 6) is -0.288. The molecule has 0 fully saturated rings. The SMILES string of the molecule is Cc1sc2nc(SC(C)C)[nH]c(=O)c2c1-c1ccc(F)cc1. The van der Waals surface area contributed by atoms with Crippen molar-refractivity contribution in [1.82, 2.24) is 9.97 Å². The second-order valence-electron chi connectivity index (χ2n) is 5.26. The molecule has 114 valence electrons. The van der Waals surface area contributed by atoms with E-state index in [1.807, 2.05) is 6.92 Å². The Bertz CT molecular complexity index is 882. The normalized spacial score (nSPS) is 11.5. The molecule has 0 aliphatic carbocycles. The molecule has 2 aromatic heterocycles. The molecular formula is C16H15FN2OS2. The van der Waals surface area contributed by atoms with E-state index in [0.717, 1.165) is 20.8 Å². The Morgan fingerprint density at radius 1 is 1.27 bits per heavy atom. The lowest BCUT2D eigenvalue weighted by Gasteiger charge is -2.04. The first kappa shape index (κ1) is 15.2. The van der Waals surface area contributed by atoms with Crippen molar-refractivity contribution in [3.63, 3.8) is 0 Å². The van der Waals surface area contributed by atoms with Crippen LogP contribution in [0.4, 0.5) is 4.39 Å². The van der Waals surface area contributed by atoms with Crippen LogP contribution in [0.2, 0.25) is 0 Å². The number of nitrogens with zero attached hydrogens (tertiary/aromatic N) is 1. The Hall–Kier alpha value is -1.66. The summed E-state index contributed by atoms with van der Waals surface area (Å²) in [6, 6.07) is 6.20. The number of benzene rings is 1. The molecule has 22 heavy (non-hydrogen) atoms. The van der Waals surface area contributed by atoms with Crippen LogP contribution in [0.3, 0.4) is 0 Å². The van der Waals surface area contributed by atoms with Gasteiger partial charge in [-0.15, -0.1) is 11.3 Å². The van der Waals surface area contributed by atoms with Gasteiger partial charge in [0.25, 0.3) is 5.56 Å². The van der Waals surface area contributed by atoms with Gasteiger partial charge in [-0.1, -0.05) is 37.7 Å². The minimum absolute atomic E-state index is 0.142. The van der Waals surface area contributed by atoms with Crippen molar-refractivity contribution in [2.45, 2.75) is 31.2 Å². The molecule has 1 N–H and O–H groups in total. The number of thiophene rings is 1. The molecule has 2 heterocycles. The van der Waals surface area contributed by atoms with Gasteiger partial charge < -0.3 is 4.98 Å². The van der Waals surface area contributed by atoms with Crippen LogP contribution in [-0.4, -0.2) is 15.2 Å². The van der Waals surface area contributed by atoms with E-state index in [9.17, 15) is 9.18 Å². The van der Waals surface area contributed by atoms with Crippen LogP contribution in [-0.2, 0) is 0 Å². The van der Waals surface area contributed by atoms with Gasteiger partial charge in [0.2, 0.25) is 0 Å². The van der Waals surface area contributed by atoms with Gasteiger partial charge in [0.15, 0.2) is 5.16 Å². The summed E-state index contributed by atoms with van der Waals surface area (Å²) >= 11 is 3.03. The molecule has 0 radical (unpaired) electrons. The molecule has 0 aliphatic heterocycles. The summed E-state index contributed by atoms with van der Waals surface area (Å²) in [5, 5.41) is 1.57. The summed E-state index contributed by atoms with van der Waals surface area (Å²) < 4.78 is 13.1. The highest BCUT2D eigenvalue weighted by molar-refractivity contribution is 7.99. The number of halogens is 1. The quantitative estimate of drug-likeness (QED) is 0.562. The third-order valence-corrected chi connectivity index (χ3v) is 5.08. The number of fused-ring (bicyclic) bond motifs is 1. The molecule has 0 atom stereocenters. The number of aromatic nitrogens is 2. The molecule has 1 aromatic carbocycles. The highest BCUT2D eigenvalue weighted by Gasteiger charge is 2.17. The van der Waals surface area contributed by atoms with Gasteiger partial charge in [-0.25, -0.2) is 9.37 Å². The van der Waals surface area contributed by atoms with Crippen LogP contribution in [0.25, 0.3) is 21.3 Å². The number of nitrogens with one attached hydrogen (secondary N) is 1. The van der Waals surface area contributed by atoms with Crippen molar-refractivity contribution in [2.75, 3.05) is 0 Å². The molecule has 0 spiro atoms. The number of aromatic amines is 1. The smallest absolute Gasteiger partial charge is 0.260 e. The van der Waals surface area contributed by atoms with Crippen LogP contribution in [0.15, 0.2) is 34.2 Å². The third kappa shape index (κ3) is 2.80. The predicted octanol–water partition coefficient (Wildman–Crippen LogP) is 4.60. The number of H-pyrrole nitrogens is 1. The molecule has 3 rings (SSSR count). The van der Waals surface area contributed by atoms with E-state index in [1.54, 1.807) is 12.1 Å². The molecule has 0 saturated carbocycles. The fourth-order valence-corrected chi connectivity index (χ4v) is 4.19. The molecule has 3 aromatic rings. The Morgan fingerprint density at radius 2 is 1.95 bits per heavy atom. The number of rotatable bonds is 3. The van der Waals surface area contributed by atoms with E-state index in [4.69, 9.17) is 0 Å². The minimum atomic E-state index is -0.288. The Morgan fingerprint density at radius 3 is 2.59 bits per heavy atom. The third-order valence-electron chi connectivity index (χ3n) is 3.20. The molecule has 3 nitrogen and oxygen atoms in total. The van der Waals surface area contributed by atoms with Crippen LogP contribution < -0.4 is 5.56 Å². The molecule has 0 unspecified atom stereocenters. The van der Waals surface area contributed by atoms with Gasteiger partial charge in [0, 0.05) is 15.7 Å². The zero-order valence-electron chi connectivity index (χ0n) is 12.4. The van der Waals surface area contributed by atoms with Crippen molar-refractivity contribution in [2.24, 2.45) is 0 Å². The second kappa shape index (κ2) is 5.85. The summed E-state index contributed by atoms with van der Waals surface area (Å²) in [7, 11) is 0. The molecule has 0 aliphatic rings. The fourth-order valence-electron chi connectivity index (χ4n) is 2.34. The highest BCUT2D eigenvalue weighted by atomic mass is 32.2. The zero-order valence-corrected chi connectivity index (χ0v) is 14.1. The molecule has 0 saturated heterocycles. The van der Waals surface area contributed by atoms with E-state index in [1.165, 1.54) is 35.2 Å². The number of hydrogen-bond acceptors (Lipinski definition) is 4. The average Bonchev–Trinajstić information content (AvgIpc) is 2.75. The van der Waals surface area contributed by atoms with E-state index in [2.05, 4.69) is 23.8 Å². The van der Waals surface area contributed by atoms with Gasteiger partial charge in [-0.3, -0.25) is 4.79 Å². The van der Waals surface area contributed by atoms with Crippen LogP contribution in [0.1, 0.15) is 18.7 Å². The van der Waals surface area contributed by atoms with Crippen LogP contribution in [0.5, 0.6) is 0 Å². The van der Waals surface area contributed by atoms with Crippen molar-refractivity contribution in [3.8, 4) is 11.1 Å². The number of thioether (sulfide) groups is 1. The Labute approximate surface area is 135 Å². The maximum Gasteiger partial charge on any atom is 0.260 e. The van der Waals surface area contributed by atoms with Gasteiger partial charge in [0.05, 0.1) is 5.39 Å². The van der Waals surface area contributed by atoms with Crippen LogP contribution in [0, 0.1) is 12.7 Å². The first-order chi connectivity index (χ1) is 10.5. The highest BCUT2D eigenvalue weighted by Crippen LogP contribution is 2.36. The first-order valence-corrected chi connectivity index (χ1v) is 8.61. The summed E-state index contributed by atoms with van der Waals surface area (Å²) in [4.78, 5) is 21.6. The van der Waals surface area contributed by atoms with Crippen molar-refractivity contribution in [1.29, 1.82) is 0 Å². The van der Waals surface area contributed by atoms with Gasteiger partial charge in [-0.2, -0.15) is 0 Å². The first-order valence-electron chi connectivity index (χ1n) is 6.91. The van der Waals surface area contributed by atoms with Crippen molar-refractivity contribution >= 4 is 33.3 Å². The standard InChI is InChI=1S/C16H15FN2OS2/c1-8(2)21-16-18-14(20)13-12(9(3)22-15(13)19-16)10-4-6-11(17)7-5-10/h4-8H,1-3H3,(H,18,19,20). The maximum absolute atomic E-state index is 13.1. The molecule has 6 heteroatoms. The Kier molecular flexibility index (Phi) is 4.06. The van der Waals surface area contributed by atoms with E-state index < -0.39 is 0 Å². The lowest BCUT2D eigenvalue weighted by molar-refractivity contribution is 0.628. The average molecular weight is 334 g/mol. The van der Waals surface area contributed by atoms with Crippen molar-refractivity contribution in [3.05, 3.63) is 45.3 Å². The molecular weight excluding hydrogens is 319 g/mol. The van der Waals surface area contributed by atoms with E-state index >= 15 is 0 Å². The van der Waals surface area contributed by atoms with E-state index in [-0.39, 0.29) is 11.4 Å². The van der Waals surface area contributed by atoms with Gasteiger partial charge in [-0.05, 0) is 24.6 Å². The second-order valence-corrected chi connectivity index (χ2v) is 8.03. The lowest BCUT2D eigenvalue weighted by Crippen LogP contribution is -2.09. The largest absolute Gasteiger partial charge is 0.301 e. The Balaban J connectivity index is 2.22. The fraction of sp³-hybridized carbons (Fsp3) is 0.250. The van der Waals surface area contributed by atoms with Crippen molar-refractivity contribution < 1.29 is 4.39 Å². The monoisotopic (exact) mass is 334 g/mol. The summed E-state index contributed by atoms with van der Waals surface area (Å²) in [5.41, 5.74) is 1.54. The molecule has 0 bridgehead atoms. The number of hydrogen-bond donors (Lipinski definition) is 1.